The molecule has 0 saturated heterocycles. The van der Waals surface area contributed by atoms with Crippen molar-refractivity contribution in [3.63, 3.8) is 0 Å². The van der Waals surface area contributed by atoms with Gasteiger partial charge in [-0.05, 0) is 25.8 Å². The van der Waals surface area contributed by atoms with E-state index >= 15 is 0 Å². The second-order valence-electron chi connectivity index (χ2n) is 3.94. The van der Waals surface area contributed by atoms with Gasteiger partial charge in [0.15, 0.2) is 5.78 Å². The summed E-state index contributed by atoms with van der Waals surface area (Å²) in [7, 11) is 0. The highest BCUT2D eigenvalue weighted by Gasteiger charge is 1.99. The minimum Gasteiger partial charge on any atom is -0.478 e. The van der Waals surface area contributed by atoms with E-state index in [0.717, 1.165) is 44.3 Å². The second kappa shape index (κ2) is 9.09. The average Bonchev–Trinajstić information content (AvgIpc) is 2.19. The summed E-state index contributed by atoms with van der Waals surface area (Å²) in [6.45, 7) is 1.76. The van der Waals surface area contributed by atoms with Gasteiger partial charge in [0, 0.05) is 12.5 Å². The minimum absolute atomic E-state index is 0.141. The number of aliphatic hydroxyl groups is 1. The molecule has 0 aromatic heterocycles. The number of ketones is 1. The van der Waals surface area contributed by atoms with Gasteiger partial charge in [-0.15, -0.1) is 0 Å². The third-order valence-corrected chi connectivity index (χ3v) is 2.21. The number of carboxylic acids is 1. The number of carboxylic acid groups (broad SMARTS) is 1. The van der Waals surface area contributed by atoms with Crippen LogP contribution in [0.1, 0.15) is 45.4 Å². The maximum Gasteiger partial charge on any atom is 0.328 e. The number of unbranched alkanes of at least 4 members (excludes halogenated alkanes) is 3. The zero-order valence-electron chi connectivity index (χ0n) is 9.69. The van der Waals surface area contributed by atoms with Gasteiger partial charge in [-0.1, -0.05) is 19.3 Å². The van der Waals surface area contributed by atoms with Gasteiger partial charge in [0.05, 0.1) is 6.10 Å². The van der Waals surface area contributed by atoms with Crippen molar-refractivity contribution in [2.24, 2.45) is 0 Å². The summed E-state index contributed by atoms with van der Waals surface area (Å²) in [5, 5.41) is 17.3. The van der Waals surface area contributed by atoms with Crippen LogP contribution < -0.4 is 0 Å². The largest absolute Gasteiger partial charge is 0.478 e. The molecule has 4 nitrogen and oxygen atoms in total. The molecule has 92 valence electrons. The van der Waals surface area contributed by atoms with Gasteiger partial charge < -0.3 is 10.2 Å². The van der Waals surface area contributed by atoms with Gasteiger partial charge in [-0.25, -0.2) is 4.79 Å². The van der Waals surface area contributed by atoms with Crippen molar-refractivity contribution < 1.29 is 19.8 Å². The summed E-state index contributed by atoms with van der Waals surface area (Å²) in [5.74, 6) is -1.23. The third kappa shape index (κ3) is 10.9. The molecule has 0 aliphatic heterocycles. The Balaban J connectivity index is 3.38. The molecule has 0 fully saturated rings. The molecule has 0 saturated carbocycles. The van der Waals surface area contributed by atoms with E-state index in [4.69, 9.17) is 10.2 Å². The molecular formula is C12H20O4. The summed E-state index contributed by atoms with van der Waals surface area (Å²) >= 11 is 0. The van der Waals surface area contributed by atoms with Crippen LogP contribution in [0.25, 0.3) is 0 Å². The Hall–Kier alpha value is -1.16. The lowest BCUT2D eigenvalue weighted by molar-refractivity contribution is -0.131. The Kier molecular flexibility index (Phi) is 8.43. The molecule has 0 rings (SSSR count). The van der Waals surface area contributed by atoms with Crippen LogP contribution in [-0.2, 0) is 9.59 Å². The van der Waals surface area contributed by atoms with Crippen LogP contribution in [0.3, 0.4) is 0 Å². The summed E-state index contributed by atoms with van der Waals surface area (Å²) in [6, 6.07) is 0. The monoisotopic (exact) mass is 228 g/mol. The molecule has 0 aromatic carbocycles. The lowest BCUT2D eigenvalue weighted by Crippen LogP contribution is -1.99. The van der Waals surface area contributed by atoms with E-state index in [1.54, 1.807) is 6.92 Å². The summed E-state index contributed by atoms with van der Waals surface area (Å²) in [4.78, 5) is 21.2. The molecule has 2 N–H and O–H groups in total. The van der Waals surface area contributed by atoms with Crippen LogP contribution in [0, 0.1) is 0 Å². The molecule has 0 spiro atoms. The first-order valence-electron chi connectivity index (χ1n) is 5.64. The van der Waals surface area contributed by atoms with Crippen molar-refractivity contribution in [2.75, 3.05) is 0 Å². The Morgan fingerprint density at radius 2 is 1.75 bits per heavy atom. The molecule has 0 aromatic rings. The Morgan fingerprint density at radius 1 is 1.12 bits per heavy atom. The molecule has 0 bridgehead atoms. The van der Waals surface area contributed by atoms with Gasteiger partial charge >= 0.3 is 5.97 Å². The normalized spacial score (nSPS) is 12.9. The molecule has 1 atom stereocenters. The van der Waals surface area contributed by atoms with Crippen molar-refractivity contribution in [1.29, 1.82) is 0 Å². The average molecular weight is 228 g/mol. The maximum absolute atomic E-state index is 11.1. The number of hydrogen-bond acceptors (Lipinski definition) is 3. The molecule has 16 heavy (non-hydrogen) atoms. The van der Waals surface area contributed by atoms with Crippen molar-refractivity contribution in [3.05, 3.63) is 12.2 Å². The van der Waals surface area contributed by atoms with E-state index in [0.29, 0.717) is 6.42 Å². The fourth-order valence-corrected chi connectivity index (χ4v) is 1.34. The summed E-state index contributed by atoms with van der Waals surface area (Å²) < 4.78 is 0. The van der Waals surface area contributed by atoms with Gasteiger partial charge in [-0.3, -0.25) is 4.79 Å². The molecule has 0 heterocycles. The smallest absolute Gasteiger partial charge is 0.328 e. The zero-order chi connectivity index (χ0) is 12.4. The second-order valence-corrected chi connectivity index (χ2v) is 3.94. The topological polar surface area (TPSA) is 74.6 Å². The van der Waals surface area contributed by atoms with E-state index in [1.165, 1.54) is 0 Å². The molecular weight excluding hydrogens is 208 g/mol. The van der Waals surface area contributed by atoms with E-state index in [9.17, 15) is 9.59 Å². The van der Waals surface area contributed by atoms with Gasteiger partial charge in [0.1, 0.15) is 0 Å². The van der Waals surface area contributed by atoms with Crippen molar-refractivity contribution >= 4 is 11.8 Å². The molecule has 0 aliphatic rings. The van der Waals surface area contributed by atoms with Gasteiger partial charge in [0.2, 0.25) is 0 Å². The quantitative estimate of drug-likeness (QED) is 0.467. The molecule has 4 heteroatoms. The van der Waals surface area contributed by atoms with E-state index in [2.05, 4.69) is 0 Å². The van der Waals surface area contributed by atoms with Crippen LogP contribution in [-0.4, -0.2) is 28.1 Å². The highest BCUT2D eigenvalue weighted by atomic mass is 16.4. The fraction of sp³-hybridized carbons (Fsp3) is 0.667. The third-order valence-electron chi connectivity index (χ3n) is 2.21. The lowest BCUT2D eigenvalue weighted by atomic mass is 10.1. The predicted octanol–water partition coefficient (Wildman–Crippen LogP) is 1.92. The number of carbonyl (C=O) groups excluding carboxylic acids is 1. The van der Waals surface area contributed by atoms with Crippen molar-refractivity contribution in [2.45, 2.75) is 51.6 Å². The van der Waals surface area contributed by atoms with Crippen LogP contribution in [0.4, 0.5) is 0 Å². The maximum atomic E-state index is 11.1. The molecule has 0 radical (unpaired) electrons. The number of allylic oxidation sites excluding steroid dienone is 1. The number of rotatable bonds is 9. The Bertz CT molecular complexity index is 243. The molecule has 0 unspecified atom stereocenters. The number of hydrogen-bond donors (Lipinski definition) is 2. The van der Waals surface area contributed by atoms with Gasteiger partial charge in [0.25, 0.3) is 0 Å². The van der Waals surface area contributed by atoms with Gasteiger partial charge in [-0.2, -0.15) is 0 Å². The predicted molar refractivity (Wildman–Crippen MR) is 61.2 cm³/mol. The SMILES string of the molecule is C[C@@H](O)CCCCCCC(=O)/C=C/C(=O)O. The highest BCUT2D eigenvalue weighted by Crippen LogP contribution is 2.07. The first kappa shape index (κ1) is 14.8. The van der Waals surface area contributed by atoms with Crippen LogP contribution in [0.15, 0.2) is 12.2 Å². The highest BCUT2D eigenvalue weighted by molar-refractivity contribution is 5.95. The molecule has 0 amide bonds. The zero-order valence-corrected chi connectivity index (χ0v) is 9.69. The minimum atomic E-state index is -1.09. The van der Waals surface area contributed by atoms with Crippen LogP contribution in [0.2, 0.25) is 0 Å². The summed E-state index contributed by atoms with van der Waals surface area (Å²) in [5.41, 5.74) is 0. The van der Waals surface area contributed by atoms with E-state index < -0.39 is 5.97 Å². The van der Waals surface area contributed by atoms with Crippen molar-refractivity contribution in [3.8, 4) is 0 Å². The first-order chi connectivity index (χ1) is 7.52. The van der Waals surface area contributed by atoms with E-state index in [-0.39, 0.29) is 11.9 Å². The van der Waals surface area contributed by atoms with Crippen LogP contribution in [0.5, 0.6) is 0 Å². The molecule has 0 aliphatic carbocycles. The van der Waals surface area contributed by atoms with Crippen molar-refractivity contribution in [1.82, 2.24) is 0 Å². The Labute approximate surface area is 96.0 Å². The Morgan fingerprint density at radius 3 is 2.31 bits per heavy atom. The van der Waals surface area contributed by atoms with Crippen LogP contribution >= 0.6 is 0 Å². The standard InChI is InChI=1S/C12H20O4/c1-10(13)6-4-2-3-5-7-11(14)8-9-12(15)16/h8-10,13H,2-7H2,1H3,(H,15,16)/b9-8+/t10-/m1/s1. The lowest BCUT2D eigenvalue weighted by Gasteiger charge is -2.02. The summed E-state index contributed by atoms with van der Waals surface area (Å²) in [6.07, 6.45) is 6.62. The number of aliphatic carboxylic acids is 1. The number of aliphatic hydroxyl groups excluding tert-OH is 1. The van der Waals surface area contributed by atoms with E-state index in [1.807, 2.05) is 0 Å². The first-order valence-corrected chi connectivity index (χ1v) is 5.64. The number of carbonyl (C=O) groups is 2. The fourth-order valence-electron chi connectivity index (χ4n) is 1.34.